The van der Waals surface area contributed by atoms with Gasteiger partial charge in [0.15, 0.2) is 5.69 Å². The number of aromatic nitrogens is 2. The largest absolute Gasteiger partial charge is 0.334 e. The first-order valence-corrected chi connectivity index (χ1v) is 8.65. The molecule has 1 amide bonds. The Morgan fingerprint density at radius 2 is 2.18 bits per heavy atom. The minimum Gasteiger partial charge on any atom is -0.334 e. The maximum absolute atomic E-state index is 13.0. The van der Waals surface area contributed by atoms with Gasteiger partial charge in [-0.25, -0.2) is 0 Å². The van der Waals surface area contributed by atoms with Gasteiger partial charge in [-0.2, -0.15) is 5.10 Å². The SMILES string of the molecule is CCCN(C(=O)c1n[nH]c2ccc(Br)cc12)C1CCNCC1. The molecule has 0 bridgehead atoms. The highest BCUT2D eigenvalue weighted by Gasteiger charge is 2.28. The zero-order chi connectivity index (χ0) is 15.5. The second-order valence-corrected chi connectivity index (χ2v) is 6.66. The summed E-state index contributed by atoms with van der Waals surface area (Å²) in [7, 11) is 0. The number of hydrogen-bond donors (Lipinski definition) is 2. The Bertz CT molecular complexity index is 663. The Balaban J connectivity index is 1.92. The lowest BCUT2D eigenvalue weighted by Crippen LogP contribution is -2.46. The van der Waals surface area contributed by atoms with Gasteiger partial charge in [0, 0.05) is 22.4 Å². The molecule has 2 heterocycles. The van der Waals surface area contributed by atoms with Crippen molar-refractivity contribution >= 4 is 32.7 Å². The van der Waals surface area contributed by atoms with Crippen molar-refractivity contribution in [1.29, 1.82) is 0 Å². The third kappa shape index (κ3) is 3.03. The van der Waals surface area contributed by atoms with Gasteiger partial charge in [0.2, 0.25) is 0 Å². The summed E-state index contributed by atoms with van der Waals surface area (Å²) in [5.41, 5.74) is 1.43. The van der Waals surface area contributed by atoms with E-state index in [9.17, 15) is 4.79 Å². The van der Waals surface area contributed by atoms with E-state index >= 15 is 0 Å². The van der Waals surface area contributed by atoms with Gasteiger partial charge >= 0.3 is 0 Å². The van der Waals surface area contributed by atoms with E-state index in [1.54, 1.807) is 0 Å². The van der Waals surface area contributed by atoms with Crippen LogP contribution in [0.5, 0.6) is 0 Å². The third-order valence-electron chi connectivity index (χ3n) is 4.20. The molecule has 1 aromatic carbocycles. The number of rotatable bonds is 4. The summed E-state index contributed by atoms with van der Waals surface area (Å²) < 4.78 is 0.958. The number of piperidine rings is 1. The molecule has 1 fully saturated rings. The molecule has 1 aliphatic heterocycles. The van der Waals surface area contributed by atoms with Crippen LogP contribution < -0.4 is 5.32 Å². The first-order chi connectivity index (χ1) is 10.7. The normalized spacial score (nSPS) is 16.1. The molecule has 1 saturated heterocycles. The lowest BCUT2D eigenvalue weighted by Gasteiger charge is -2.34. The zero-order valence-electron chi connectivity index (χ0n) is 12.7. The van der Waals surface area contributed by atoms with Crippen LogP contribution in [-0.4, -0.2) is 46.7 Å². The number of carbonyl (C=O) groups is 1. The monoisotopic (exact) mass is 364 g/mol. The van der Waals surface area contributed by atoms with Crippen LogP contribution in [0.15, 0.2) is 22.7 Å². The summed E-state index contributed by atoms with van der Waals surface area (Å²) >= 11 is 3.47. The van der Waals surface area contributed by atoms with Crippen LogP contribution in [0.25, 0.3) is 10.9 Å². The van der Waals surface area contributed by atoms with E-state index in [2.05, 4.69) is 38.4 Å². The van der Waals surface area contributed by atoms with E-state index in [4.69, 9.17) is 0 Å². The molecule has 0 spiro atoms. The molecule has 3 rings (SSSR count). The van der Waals surface area contributed by atoms with E-state index in [0.29, 0.717) is 11.7 Å². The van der Waals surface area contributed by atoms with E-state index in [-0.39, 0.29) is 5.91 Å². The third-order valence-corrected chi connectivity index (χ3v) is 4.70. The second-order valence-electron chi connectivity index (χ2n) is 5.74. The molecule has 1 aliphatic rings. The van der Waals surface area contributed by atoms with Crippen LogP contribution in [0.4, 0.5) is 0 Å². The summed E-state index contributed by atoms with van der Waals surface area (Å²) in [6, 6.07) is 6.16. The van der Waals surface area contributed by atoms with Crippen LogP contribution in [0.1, 0.15) is 36.7 Å². The highest BCUT2D eigenvalue weighted by atomic mass is 79.9. The predicted octanol–water partition coefficient (Wildman–Crippen LogP) is 2.93. The molecule has 0 atom stereocenters. The Kier molecular flexibility index (Phi) is 4.78. The van der Waals surface area contributed by atoms with E-state index in [0.717, 1.165) is 54.3 Å². The lowest BCUT2D eigenvalue weighted by molar-refractivity contribution is 0.0638. The molecule has 22 heavy (non-hydrogen) atoms. The fourth-order valence-corrected chi connectivity index (χ4v) is 3.46. The van der Waals surface area contributed by atoms with Gasteiger partial charge in [-0.15, -0.1) is 0 Å². The number of amides is 1. The van der Waals surface area contributed by atoms with Crippen molar-refractivity contribution in [2.45, 2.75) is 32.2 Å². The summed E-state index contributed by atoms with van der Waals surface area (Å²) in [6.07, 6.45) is 2.98. The number of nitrogens with zero attached hydrogens (tertiary/aromatic N) is 2. The lowest BCUT2D eigenvalue weighted by atomic mass is 10.0. The summed E-state index contributed by atoms with van der Waals surface area (Å²) in [5, 5.41) is 11.5. The highest BCUT2D eigenvalue weighted by molar-refractivity contribution is 9.10. The highest BCUT2D eigenvalue weighted by Crippen LogP contribution is 2.24. The minimum absolute atomic E-state index is 0.0399. The maximum Gasteiger partial charge on any atom is 0.275 e. The topological polar surface area (TPSA) is 61.0 Å². The number of halogens is 1. The van der Waals surface area contributed by atoms with Gasteiger partial charge in [-0.3, -0.25) is 9.89 Å². The molecule has 0 aliphatic carbocycles. The Morgan fingerprint density at radius 3 is 2.91 bits per heavy atom. The molecular weight excluding hydrogens is 344 g/mol. The summed E-state index contributed by atoms with van der Waals surface area (Å²) in [4.78, 5) is 15.0. The number of carbonyl (C=O) groups excluding carboxylic acids is 1. The quantitative estimate of drug-likeness (QED) is 0.876. The van der Waals surface area contributed by atoms with Gasteiger partial charge < -0.3 is 10.2 Å². The molecule has 0 radical (unpaired) electrons. The Labute approximate surface area is 138 Å². The van der Waals surface area contributed by atoms with Gasteiger partial charge in [0.1, 0.15) is 0 Å². The zero-order valence-corrected chi connectivity index (χ0v) is 14.3. The van der Waals surface area contributed by atoms with Crippen molar-refractivity contribution in [3.63, 3.8) is 0 Å². The molecule has 2 aromatic rings. The van der Waals surface area contributed by atoms with Gasteiger partial charge in [0.25, 0.3) is 5.91 Å². The molecule has 6 heteroatoms. The van der Waals surface area contributed by atoms with Crippen molar-refractivity contribution in [3.05, 3.63) is 28.4 Å². The maximum atomic E-state index is 13.0. The first kappa shape index (κ1) is 15.5. The molecular formula is C16H21BrN4O. The van der Waals surface area contributed by atoms with E-state index in [1.807, 2.05) is 23.1 Å². The first-order valence-electron chi connectivity index (χ1n) is 7.86. The van der Waals surface area contributed by atoms with Crippen molar-refractivity contribution in [3.8, 4) is 0 Å². The van der Waals surface area contributed by atoms with Crippen LogP contribution in [0.2, 0.25) is 0 Å². The Morgan fingerprint density at radius 1 is 1.41 bits per heavy atom. The van der Waals surface area contributed by atoms with Gasteiger partial charge in [-0.05, 0) is 50.6 Å². The average Bonchev–Trinajstić information content (AvgIpc) is 2.96. The van der Waals surface area contributed by atoms with Crippen LogP contribution in [-0.2, 0) is 0 Å². The van der Waals surface area contributed by atoms with Crippen LogP contribution in [0, 0.1) is 0 Å². The van der Waals surface area contributed by atoms with Gasteiger partial charge in [0.05, 0.1) is 5.52 Å². The standard InChI is InChI=1S/C16H21BrN4O/c1-2-9-21(12-5-7-18-8-6-12)16(22)15-13-10-11(17)3-4-14(13)19-20-15/h3-4,10,12,18H,2,5-9H2,1H3,(H,19,20). The van der Waals surface area contributed by atoms with Gasteiger partial charge in [-0.1, -0.05) is 22.9 Å². The number of nitrogens with one attached hydrogen (secondary N) is 2. The molecule has 118 valence electrons. The fraction of sp³-hybridized carbons (Fsp3) is 0.500. The number of hydrogen-bond acceptors (Lipinski definition) is 3. The van der Waals surface area contributed by atoms with Crippen molar-refractivity contribution in [2.24, 2.45) is 0 Å². The molecule has 0 saturated carbocycles. The Hall–Kier alpha value is -1.40. The number of aromatic amines is 1. The number of benzene rings is 1. The molecule has 1 aromatic heterocycles. The van der Waals surface area contributed by atoms with Crippen molar-refractivity contribution in [1.82, 2.24) is 20.4 Å². The predicted molar refractivity (Wildman–Crippen MR) is 91.0 cm³/mol. The minimum atomic E-state index is 0.0399. The van der Waals surface area contributed by atoms with Crippen LogP contribution >= 0.6 is 15.9 Å². The average molecular weight is 365 g/mol. The molecule has 0 unspecified atom stereocenters. The number of fused-ring (bicyclic) bond motifs is 1. The van der Waals surface area contributed by atoms with Crippen molar-refractivity contribution < 1.29 is 4.79 Å². The second kappa shape index (κ2) is 6.79. The fourth-order valence-electron chi connectivity index (χ4n) is 3.09. The molecule has 5 nitrogen and oxygen atoms in total. The summed E-state index contributed by atoms with van der Waals surface area (Å²) in [6.45, 7) is 4.85. The van der Waals surface area contributed by atoms with E-state index < -0.39 is 0 Å². The number of H-pyrrole nitrogens is 1. The smallest absolute Gasteiger partial charge is 0.275 e. The van der Waals surface area contributed by atoms with Crippen molar-refractivity contribution in [2.75, 3.05) is 19.6 Å². The van der Waals surface area contributed by atoms with E-state index in [1.165, 1.54) is 0 Å². The molecule has 2 N–H and O–H groups in total. The summed E-state index contributed by atoms with van der Waals surface area (Å²) in [5.74, 6) is 0.0399. The van der Waals surface area contributed by atoms with Crippen LogP contribution in [0.3, 0.4) is 0 Å².